The fourth-order valence-electron chi connectivity index (χ4n) is 6.31. The molecule has 1 aromatic carbocycles. The summed E-state index contributed by atoms with van der Waals surface area (Å²) in [5, 5.41) is 0. The van der Waals surface area contributed by atoms with E-state index in [0.717, 1.165) is 68.6 Å². The number of hydrogen-bond acceptors (Lipinski definition) is 8. The third kappa shape index (κ3) is 7.93. The molecule has 0 radical (unpaired) electrons. The molecule has 0 spiro atoms. The summed E-state index contributed by atoms with van der Waals surface area (Å²) >= 11 is 0. The molecule has 0 bridgehead atoms. The Balaban J connectivity index is 1.10. The summed E-state index contributed by atoms with van der Waals surface area (Å²) in [7, 11) is 1.66. The Morgan fingerprint density at radius 1 is 0.956 bits per heavy atom. The first-order chi connectivity index (χ1) is 22.0. The predicted molar refractivity (Wildman–Crippen MR) is 173 cm³/mol. The fourth-order valence-corrected chi connectivity index (χ4v) is 6.31. The molecule has 45 heavy (non-hydrogen) atoms. The highest BCUT2D eigenvalue weighted by Gasteiger charge is 2.35. The molecule has 3 aliphatic rings. The monoisotopic (exact) mass is 612 g/mol. The van der Waals surface area contributed by atoms with Crippen LogP contribution in [0.15, 0.2) is 60.9 Å². The smallest absolute Gasteiger partial charge is 0.306 e. The van der Waals surface area contributed by atoms with Gasteiger partial charge >= 0.3 is 5.97 Å². The molecule has 3 heterocycles. The number of hydrogen-bond donors (Lipinski definition) is 0. The first-order valence-corrected chi connectivity index (χ1v) is 16.4. The van der Waals surface area contributed by atoms with Crippen molar-refractivity contribution in [2.75, 3.05) is 49.8 Å². The van der Waals surface area contributed by atoms with Gasteiger partial charge in [0.15, 0.2) is 0 Å². The van der Waals surface area contributed by atoms with Gasteiger partial charge in [0.2, 0.25) is 5.88 Å². The van der Waals surface area contributed by atoms with E-state index in [4.69, 9.17) is 14.2 Å². The van der Waals surface area contributed by atoms with Gasteiger partial charge in [-0.3, -0.25) is 14.5 Å². The standard InChI is InChI=1S/C36H44N4O5/c1-3-44-35(41)22-31(27-9-10-27)28-13-17-38-34(20-28)45-24-26-14-18-39(19-15-26)32-21-29(43-2)11-12-30(32)36(42)40(23-25-7-8-25)33-6-4-5-16-37-33/h4-6,11-13,16-17,20-21,25-27,31H,3,7-10,14-15,18-19,22-24H2,1-2H3. The van der Waals surface area contributed by atoms with Crippen LogP contribution in [-0.4, -0.2) is 61.8 Å². The Labute approximate surface area is 265 Å². The van der Waals surface area contributed by atoms with E-state index in [2.05, 4.69) is 14.9 Å². The van der Waals surface area contributed by atoms with Crippen LogP contribution >= 0.6 is 0 Å². The van der Waals surface area contributed by atoms with Crippen LogP contribution in [0.1, 0.15) is 73.7 Å². The molecule has 1 saturated heterocycles. The van der Waals surface area contributed by atoms with Gasteiger partial charge in [-0.05, 0) is 105 Å². The van der Waals surface area contributed by atoms with E-state index >= 15 is 0 Å². The van der Waals surface area contributed by atoms with E-state index in [1.54, 1.807) is 19.5 Å². The number of ether oxygens (including phenoxy) is 3. The molecule has 1 unspecified atom stereocenters. The molecule has 2 aliphatic carbocycles. The van der Waals surface area contributed by atoms with Gasteiger partial charge in [0.1, 0.15) is 11.6 Å². The molecule has 0 N–H and O–H groups in total. The number of esters is 1. The molecule has 2 aromatic heterocycles. The molecule has 9 nitrogen and oxygen atoms in total. The van der Waals surface area contributed by atoms with E-state index in [9.17, 15) is 9.59 Å². The van der Waals surface area contributed by atoms with Crippen molar-refractivity contribution in [2.45, 2.75) is 57.8 Å². The van der Waals surface area contributed by atoms with Crippen LogP contribution < -0.4 is 19.3 Å². The van der Waals surface area contributed by atoms with Crippen LogP contribution in [0.5, 0.6) is 11.6 Å². The number of aromatic nitrogens is 2. The SMILES string of the molecule is CCOC(=O)CC(c1ccnc(OCC2CCN(c3cc(OC)ccc3C(=O)N(CC3CC3)c3ccccn3)CC2)c1)C1CC1. The van der Waals surface area contributed by atoms with Gasteiger partial charge in [-0.1, -0.05) is 6.07 Å². The van der Waals surface area contributed by atoms with Gasteiger partial charge in [-0.15, -0.1) is 0 Å². The van der Waals surface area contributed by atoms with Crippen molar-refractivity contribution in [1.29, 1.82) is 0 Å². The van der Waals surface area contributed by atoms with E-state index in [1.807, 2.05) is 60.4 Å². The lowest BCUT2D eigenvalue weighted by molar-refractivity contribution is -0.143. The van der Waals surface area contributed by atoms with Crippen LogP contribution in [-0.2, 0) is 9.53 Å². The summed E-state index contributed by atoms with van der Waals surface area (Å²) < 4.78 is 17.0. The van der Waals surface area contributed by atoms with E-state index in [0.29, 0.717) is 61.2 Å². The lowest BCUT2D eigenvalue weighted by Crippen LogP contribution is -2.38. The Bertz CT molecular complexity index is 1450. The molecular formula is C36H44N4O5. The lowest BCUT2D eigenvalue weighted by atomic mass is 9.92. The number of anilines is 2. The van der Waals surface area contributed by atoms with E-state index < -0.39 is 0 Å². The van der Waals surface area contributed by atoms with Crippen LogP contribution in [0.4, 0.5) is 11.5 Å². The van der Waals surface area contributed by atoms with Gasteiger partial charge in [0, 0.05) is 44.2 Å². The summed E-state index contributed by atoms with van der Waals surface area (Å²) in [6, 6.07) is 15.5. The van der Waals surface area contributed by atoms with Crippen molar-refractivity contribution >= 4 is 23.4 Å². The highest BCUT2D eigenvalue weighted by Crippen LogP contribution is 2.45. The molecule has 238 valence electrons. The van der Waals surface area contributed by atoms with Gasteiger partial charge in [-0.25, -0.2) is 9.97 Å². The average Bonchev–Trinajstić information content (AvgIpc) is 4.02. The number of benzene rings is 1. The summed E-state index contributed by atoms with van der Waals surface area (Å²) in [4.78, 5) is 39.4. The number of nitrogens with zero attached hydrogens (tertiary/aromatic N) is 4. The van der Waals surface area contributed by atoms with Gasteiger partial charge < -0.3 is 19.1 Å². The average molecular weight is 613 g/mol. The maximum atomic E-state index is 14.1. The van der Waals surface area contributed by atoms with Crippen LogP contribution in [0, 0.1) is 17.8 Å². The topological polar surface area (TPSA) is 94.1 Å². The number of methoxy groups -OCH3 is 1. The second kappa shape index (κ2) is 14.3. The molecule has 1 atom stereocenters. The van der Waals surface area contributed by atoms with Crippen molar-refractivity contribution in [3.63, 3.8) is 0 Å². The normalized spacial score (nSPS) is 17.4. The number of carbonyl (C=O) groups is 2. The third-order valence-electron chi connectivity index (χ3n) is 9.24. The quantitative estimate of drug-likeness (QED) is 0.196. The number of pyridine rings is 2. The highest BCUT2D eigenvalue weighted by atomic mass is 16.5. The maximum absolute atomic E-state index is 14.1. The van der Waals surface area contributed by atoms with Crippen molar-refractivity contribution in [1.82, 2.24) is 9.97 Å². The maximum Gasteiger partial charge on any atom is 0.306 e. The molecular weight excluding hydrogens is 568 g/mol. The minimum atomic E-state index is -0.145. The Morgan fingerprint density at radius 3 is 2.47 bits per heavy atom. The fraction of sp³-hybridized carbons (Fsp3) is 0.500. The summed E-state index contributed by atoms with van der Waals surface area (Å²) in [6.07, 6.45) is 10.4. The van der Waals surface area contributed by atoms with Crippen molar-refractivity contribution in [3.8, 4) is 11.6 Å². The number of carbonyl (C=O) groups excluding carboxylic acids is 2. The minimum absolute atomic E-state index is 0.0258. The zero-order chi connectivity index (χ0) is 31.2. The van der Waals surface area contributed by atoms with Crippen molar-refractivity contribution < 1.29 is 23.8 Å². The minimum Gasteiger partial charge on any atom is -0.497 e. The molecule has 3 aromatic rings. The molecule has 1 aliphatic heterocycles. The summed E-state index contributed by atoms with van der Waals surface area (Å²) in [5.41, 5.74) is 2.67. The lowest BCUT2D eigenvalue weighted by Gasteiger charge is -2.35. The van der Waals surface area contributed by atoms with Gasteiger partial charge in [0.25, 0.3) is 5.91 Å². The van der Waals surface area contributed by atoms with Crippen LogP contribution in [0.25, 0.3) is 0 Å². The first-order valence-electron chi connectivity index (χ1n) is 16.4. The molecule has 3 fully saturated rings. The van der Waals surface area contributed by atoms with Crippen LogP contribution in [0.2, 0.25) is 0 Å². The summed E-state index contributed by atoms with van der Waals surface area (Å²) in [6.45, 7) is 5.12. The first kappa shape index (κ1) is 30.9. The Morgan fingerprint density at radius 2 is 1.78 bits per heavy atom. The zero-order valence-electron chi connectivity index (χ0n) is 26.4. The predicted octanol–water partition coefficient (Wildman–Crippen LogP) is 6.28. The van der Waals surface area contributed by atoms with E-state index in [1.165, 1.54) is 0 Å². The van der Waals surface area contributed by atoms with E-state index in [-0.39, 0.29) is 17.8 Å². The number of amides is 1. The van der Waals surface area contributed by atoms with Crippen molar-refractivity contribution in [2.24, 2.45) is 17.8 Å². The number of rotatable bonds is 14. The van der Waals surface area contributed by atoms with Gasteiger partial charge in [0.05, 0.1) is 38.0 Å². The second-order valence-electron chi connectivity index (χ2n) is 12.6. The van der Waals surface area contributed by atoms with Crippen LogP contribution in [0.3, 0.4) is 0 Å². The summed E-state index contributed by atoms with van der Waals surface area (Å²) in [5.74, 6) is 3.43. The third-order valence-corrected chi connectivity index (χ3v) is 9.24. The highest BCUT2D eigenvalue weighted by molar-refractivity contribution is 6.09. The molecule has 1 amide bonds. The molecule has 9 heteroatoms. The van der Waals surface area contributed by atoms with Crippen molar-refractivity contribution in [3.05, 3.63) is 72.1 Å². The second-order valence-corrected chi connectivity index (χ2v) is 12.6. The molecule has 2 saturated carbocycles. The zero-order valence-corrected chi connectivity index (χ0v) is 26.4. The largest absolute Gasteiger partial charge is 0.497 e. The number of piperidine rings is 1. The Kier molecular flexibility index (Phi) is 9.81. The Hall–Kier alpha value is -4.14. The van der Waals surface area contributed by atoms with Gasteiger partial charge in [-0.2, -0.15) is 0 Å². The molecule has 6 rings (SSSR count).